The van der Waals surface area contributed by atoms with E-state index in [1.165, 1.54) is 11.5 Å². The van der Waals surface area contributed by atoms with Crippen molar-refractivity contribution < 1.29 is 4.79 Å². The Hall–Kier alpha value is -1.34. The van der Waals surface area contributed by atoms with Crippen LogP contribution in [-0.2, 0) is 0 Å². The van der Waals surface area contributed by atoms with Crippen molar-refractivity contribution in [2.24, 2.45) is 0 Å². The van der Waals surface area contributed by atoms with Crippen molar-refractivity contribution in [2.75, 3.05) is 7.05 Å². The molecule has 0 N–H and O–H groups in total. The van der Waals surface area contributed by atoms with Crippen LogP contribution in [0, 0.1) is 6.92 Å². The van der Waals surface area contributed by atoms with Crippen LogP contribution in [0.4, 0.5) is 0 Å². The number of rotatable bonds is 4. The molecule has 0 aromatic carbocycles. The number of hydrogen-bond acceptors (Lipinski definition) is 6. The Bertz CT molecular complexity index is 592. The Kier molecular flexibility index (Phi) is 4.49. The zero-order chi connectivity index (χ0) is 14.9. The summed E-state index contributed by atoms with van der Waals surface area (Å²) >= 11 is 2.87. The van der Waals surface area contributed by atoms with Gasteiger partial charge >= 0.3 is 0 Å². The molecular formula is C13H18N4OS2. The van der Waals surface area contributed by atoms with Gasteiger partial charge in [-0.2, -0.15) is 0 Å². The summed E-state index contributed by atoms with van der Waals surface area (Å²) in [4.78, 5) is 19.7. The summed E-state index contributed by atoms with van der Waals surface area (Å²) < 4.78 is 3.74. The maximum absolute atomic E-state index is 12.3. The Morgan fingerprint density at radius 3 is 2.55 bits per heavy atom. The van der Waals surface area contributed by atoms with Crippen LogP contribution in [0.3, 0.4) is 0 Å². The minimum atomic E-state index is -0.106. The molecule has 0 bridgehead atoms. The average Bonchev–Trinajstić information content (AvgIpc) is 3.05. The minimum Gasteiger partial charge on any atom is -0.333 e. The first-order valence-corrected chi connectivity index (χ1v) is 8.08. The molecule has 2 rings (SSSR count). The lowest BCUT2D eigenvalue weighted by molar-refractivity contribution is 0.0738. The van der Waals surface area contributed by atoms with E-state index in [2.05, 4.69) is 28.4 Å². The lowest BCUT2D eigenvalue weighted by atomic mass is 10.2. The third-order valence-corrected chi connectivity index (χ3v) is 5.34. The van der Waals surface area contributed by atoms with E-state index in [4.69, 9.17) is 0 Å². The summed E-state index contributed by atoms with van der Waals surface area (Å²) in [6.45, 7) is 8.27. The second-order valence-electron chi connectivity index (χ2n) is 5.04. The third-order valence-electron chi connectivity index (χ3n) is 3.20. The Morgan fingerprint density at radius 1 is 1.35 bits per heavy atom. The van der Waals surface area contributed by atoms with E-state index < -0.39 is 0 Å². The predicted molar refractivity (Wildman–Crippen MR) is 81.4 cm³/mol. The van der Waals surface area contributed by atoms with Gasteiger partial charge in [-0.25, -0.2) is 4.98 Å². The van der Waals surface area contributed by atoms with Gasteiger partial charge in [-0.1, -0.05) is 18.3 Å². The van der Waals surface area contributed by atoms with Gasteiger partial charge in [0, 0.05) is 23.2 Å². The Labute approximate surface area is 126 Å². The van der Waals surface area contributed by atoms with Gasteiger partial charge in [-0.05, 0) is 25.4 Å². The first-order valence-electron chi connectivity index (χ1n) is 6.43. The molecule has 0 aliphatic heterocycles. The normalized spacial score (nSPS) is 12.7. The molecule has 0 aliphatic carbocycles. The second-order valence-corrected chi connectivity index (χ2v) is 6.71. The molecule has 20 heavy (non-hydrogen) atoms. The molecule has 0 aliphatic rings. The number of aryl methyl sites for hydroxylation is 1. The van der Waals surface area contributed by atoms with E-state index in [0.717, 1.165) is 15.6 Å². The molecule has 5 nitrogen and oxygen atoms in total. The Morgan fingerprint density at radius 2 is 2.05 bits per heavy atom. The molecule has 1 amide bonds. The van der Waals surface area contributed by atoms with Gasteiger partial charge in [-0.15, -0.1) is 16.4 Å². The largest absolute Gasteiger partial charge is 0.333 e. The van der Waals surface area contributed by atoms with Crippen LogP contribution in [0.2, 0.25) is 0 Å². The highest BCUT2D eigenvalue weighted by Gasteiger charge is 2.24. The fourth-order valence-corrected chi connectivity index (χ4v) is 3.45. The van der Waals surface area contributed by atoms with Crippen LogP contribution >= 0.6 is 22.9 Å². The maximum atomic E-state index is 12.3. The van der Waals surface area contributed by atoms with E-state index in [1.54, 1.807) is 28.7 Å². The van der Waals surface area contributed by atoms with Crippen LogP contribution < -0.4 is 0 Å². The zero-order valence-electron chi connectivity index (χ0n) is 12.2. The summed E-state index contributed by atoms with van der Waals surface area (Å²) in [6.07, 6.45) is 0. The van der Waals surface area contributed by atoms with Crippen molar-refractivity contribution in [3.8, 4) is 0 Å². The summed E-state index contributed by atoms with van der Waals surface area (Å²) in [7, 11) is 1.79. The summed E-state index contributed by atoms with van der Waals surface area (Å²) in [5.41, 5.74) is 1.40. The second kappa shape index (κ2) is 5.97. The molecule has 108 valence electrons. The lowest BCUT2D eigenvalue weighted by Crippen LogP contribution is -2.29. The van der Waals surface area contributed by atoms with E-state index >= 15 is 0 Å². The molecule has 2 aromatic heterocycles. The molecule has 0 spiro atoms. The number of nitrogens with zero attached hydrogens (tertiary/aromatic N) is 4. The summed E-state index contributed by atoms with van der Waals surface area (Å²) in [5, 5.41) is 6.62. The van der Waals surface area contributed by atoms with Gasteiger partial charge in [0.2, 0.25) is 0 Å². The van der Waals surface area contributed by atoms with Gasteiger partial charge in [0.25, 0.3) is 5.91 Å². The third kappa shape index (κ3) is 2.88. The standard InChI is InChI=1S/C13H18N4OS2/c1-7(2)12-14-8(3)11(20-12)9(4)17(5)13(18)10-6-19-16-15-10/h6-7,9H,1-5H3/t9-/m1/s1. The van der Waals surface area contributed by atoms with Crippen molar-refractivity contribution >= 4 is 28.8 Å². The SMILES string of the molecule is Cc1nc(C(C)C)sc1[C@@H](C)N(C)C(=O)c1csnn1. The summed E-state index contributed by atoms with van der Waals surface area (Å²) in [5.74, 6) is 0.300. The van der Waals surface area contributed by atoms with E-state index in [0.29, 0.717) is 11.6 Å². The number of hydrogen-bond donors (Lipinski definition) is 0. The van der Waals surface area contributed by atoms with Crippen LogP contribution in [0.15, 0.2) is 5.38 Å². The Balaban J connectivity index is 2.22. The van der Waals surface area contributed by atoms with Gasteiger partial charge in [0.05, 0.1) is 16.7 Å². The van der Waals surface area contributed by atoms with Crippen LogP contribution in [0.1, 0.15) is 58.8 Å². The van der Waals surface area contributed by atoms with Crippen LogP contribution in [0.25, 0.3) is 0 Å². The molecule has 0 unspecified atom stereocenters. The molecule has 0 fully saturated rings. The monoisotopic (exact) mass is 310 g/mol. The fraction of sp³-hybridized carbons (Fsp3) is 0.538. The van der Waals surface area contributed by atoms with Crippen molar-refractivity contribution in [1.82, 2.24) is 19.5 Å². The first kappa shape index (κ1) is 15.1. The first-order chi connectivity index (χ1) is 9.41. The quantitative estimate of drug-likeness (QED) is 0.869. The highest BCUT2D eigenvalue weighted by molar-refractivity contribution is 7.11. The molecule has 2 heterocycles. The molecule has 1 atom stereocenters. The molecule has 0 radical (unpaired) electrons. The zero-order valence-corrected chi connectivity index (χ0v) is 13.9. The van der Waals surface area contributed by atoms with E-state index in [-0.39, 0.29) is 11.9 Å². The van der Waals surface area contributed by atoms with Crippen molar-refractivity contribution in [1.29, 1.82) is 0 Å². The van der Waals surface area contributed by atoms with Gasteiger partial charge in [-0.3, -0.25) is 4.79 Å². The highest BCUT2D eigenvalue weighted by Crippen LogP contribution is 2.32. The van der Waals surface area contributed by atoms with Crippen molar-refractivity contribution in [3.63, 3.8) is 0 Å². The molecule has 2 aromatic rings. The summed E-state index contributed by atoms with van der Waals surface area (Å²) in [6, 6.07) is -0.0193. The predicted octanol–water partition coefficient (Wildman–Crippen LogP) is 3.26. The number of aromatic nitrogens is 3. The van der Waals surface area contributed by atoms with Crippen LogP contribution in [0.5, 0.6) is 0 Å². The van der Waals surface area contributed by atoms with Gasteiger partial charge < -0.3 is 4.90 Å². The number of amides is 1. The van der Waals surface area contributed by atoms with Gasteiger partial charge in [0.1, 0.15) is 0 Å². The van der Waals surface area contributed by atoms with Crippen molar-refractivity contribution in [2.45, 2.75) is 39.7 Å². The minimum absolute atomic E-state index is 0.0193. The topological polar surface area (TPSA) is 59.0 Å². The van der Waals surface area contributed by atoms with Gasteiger partial charge in [0.15, 0.2) is 5.69 Å². The van der Waals surface area contributed by atoms with E-state index in [9.17, 15) is 4.79 Å². The molecule has 0 saturated heterocycles. The van der Waals surface area contributed by atoms with Crippen LogP contribution in [-0.4, -0.2) is 32.4 Å². The highest BCUT2D eigenvalue weighted by atomic mass is 32.1. The van der Waals surface area contributed by atoms with E-state index in [1.807, 2.05) is 13.8 Å². The number of carbonyl (C=O) groups is 1. The lowest BCUT2D eigenvalue weighted by Gasteiger charge is -2.23. The molecule has 0 saturated carbocycles. The fourth-order valence-electron chi connectivity index (χ4n) is 1.85. The smallest absolute Gasteiger partial charge is 0.275 e. The molecule has 7 heteroatoms. The maximum Gasteiger partial charge on any atom is 0.275 e. The average molecular weight is 310 g/mol. The number of carbonyl (C=O) groups excluding carboxylic acids is 1. The molecular weight excluding hydrogens is 292 g/mol. The number of thiazole rings is 1. The van der Waals surface area contributed by atoms with Crippen molar-refractivity contribution in [3.05, 3.63) is 26.7 Å².